The van der Waals surface area contributed by atoms with Crippen molar-refractivity contribution in [3.05, 3.63) is 65.5 Å². The number of benzene rings is 1. The first-order valence-electron chi connectivity index (χ1n) is 9.38. The molecule has 2 heterocycles. The molecule has 2 aromatic rings. The summed E-state index contributed by atoms with van der Waals surface area (Å²) in [7, 11) is 2.11. The summed E-state index contributed by atoms with van der Waals surface area (Å²) in [6.07, 6.45) is 7.68. The molecule has 1 atom stereocenters. The van der Waals surface area contributed by atoms with E-state index < -0.39 is 5.60 Å². The molecular weight excluding hydrogens is 308 g/mol. The Kier molecular flexibility index (Phi) is 3.06. The fourth-order valence-corrected chi connectivity index (χ4v) is 5.71. The van der Waals surface area contributed by atoms with Crippen LogP contribution in [0.2, 0.25) is 0 Å². The quantitative estimate of drug-likeness (QED) is 0.932. The van der Waals surface area contributed by atoms with Crippen LogP contribution in [0.25, 0.3) is 0 Å². The predicted molar refractivity (Wildman–Crippen MR) is 98.3 cm³/mol. The molecule has 3 heteroatoms. The Balaban J connectivity index is 1.56. The van der Waals surface area contributed by atoms with Gasteiger partial charge >= 0.3 is 0 Å². The number of nitrogens with zero attached hydrogens (tertiary/aromatic N) is 2. The van der Waals surface area contributed by atoms with Crippen molar-refractivity contribution in [1.82, 2.24) is 9.88 Å². The minimum Gasteiger partial charge on any atom is -0.380 e. The maximum Gasteiger partial charge on any atom is 0.124 e. The van der Waals surface area contributed by atoms with Gasteiger partial charge in [0, 0.05) is 36.5 Å². The fourth-order valence-electron chi connectivity index (χ4n) is 5.71. The second-order valence-electron chi connectivity index (χ2n) is 9.02. The molecule has 1 aromatic carbocycles. The molecular formula is C22H26N2O. The lowest BCUT2D eigenvalue weighted by Gasteiger charge is -2.62. The highest BCUT2D eigenvalue weighted by Crippen LogP contribution is 2.65. The molecule has 6 rings (SSSR count). The average molecular weight is 334 g/mol. The summed E-state index contributed by atoms with van der Waals surface area (Å²) in [5.74, 6) is 0.983. The Morgan fingerprint density at radius 2 is 1.76 bits per heavy atom. The first kappa shape index (κ1) is 15.5. The molecule has 2 bridgehead atoms. The summed E-state index contributed by atoms with van der Waals surface area (Å²) in [6.45, 7) is 3.95. The van der Waals surface area contributed by atoms with Gasteiger partial charge in [0.1, 0.15) is 5.60 Å². The van der Waals surface area contributed by atoms with Crippen LogP contribution in [0.3, 0.4) is 0 Å². The van der Waals surface area contributed by atoms with E-state index >= 15 is 0 Å². The Morgan fingerprint density at radius 1 is 1.08 bits per heavy atom. The van der Waals surface area contributed by atoms with E-state index in [-0.39, 0.29) is 5.41 Å². The Hall–Kier alpha value is -1.71. The Labute approximate surface area is 149 Å². The van der Waals surface area contributed by atoms with Gasteiger partial charge in [0.2, 0.25) is 0 Å². The summed E-state index contributed by atoms with van der Waals surface area (Å²) < 4.78 is 0. The van der Waals surface area contributed by atoms with Gasteiger partial charge in [-0.2, -0.15) is 0 Å². The van der Waals surface area contributed by atoms with Crippen LogP contribution in [-0.2, 0) is 11.0 Å². The first-order chi connectivity index (χ1) is 12.0. The minimum absolute atomic E-state index is 0.206. The highest BCUT2D eigenvalue weighted by atomic mass is 16.3. The van der Waals surface area contributed by atoms with Crippen LogP contribution in [0, 0.1) is 11.3 Å². The third-order valence-corrected chi connectivity index (χ3v) is 7.14. The third kappa shape index (κ3) is 1.97. The lowest BCUT2D eigenvalue weighted by molar-refractivity contribution is -0.127. The molecule has 4 aliphatic rings. The summed E-state index contributed by atoms with van der Waals surface area (Å²) >= 11 is 0. The van der Waals surface area contributed by atoms with Crippen molar-refractivity contribution in [2.24, 2.45) is 11.3 Å². The van der Waals surface area contributed by atoms with Crippen LogP contribution >= 0.6 is 0 Å². The van der Waals surface area contributed by atoms with E-state index in [1.54, 1.807) is 6.20 Å². The molecule has 1 N–H and O–H groups in total. The molecule has 4 fully saturated rings. The zero-order chi connectivity index (χ0) is 17.3. The molecule has 1 aliphatic heterocycles. The maximum atomic E-state index is 12.0. The molecule has 1 saturated heterocycles. The largest absolute Gasteiger partial charge is 0.380 e. The summed E-state index contributed by atoms with van der Waals surface area (Å²) in [6, 6.07) is 12.8. The molecule has 3 saturated carbocycles. The number of aromatic nitrogens is 1. The van der Waals surface area contributed by atoms with Crippen molar-refractivity contribution in [3.63, 3.8) is 0 Å². The van der Waals surface area contributed by atoms with E-state index in [2.05, 4.69) is 48.1 Å². The topological polar surface area (TPSA) is 36.4 Å². The molecule has 0 amide bonds. The fraction of sp³-hybridized carbons (Fsp3) is 0.500. The van der Waals surface area contributed by atoms with E-state index in [0.717, 1.165) is 30.1 Å². The maximum absolute atomic E-state index is 12.0. The van der Waals surface area contributed by atoms with E-state index in [9.17, 15) is 5.11 Å². The summed E-state index contributed by atoms with van der Waals surface area (Å²) in [5, 5.41) is 12.0. The molecule has 25 heavy (non-hydrogen) atoms. The molecule has 1 aromatic heterocycles. The lowest BCUT2D eigenvalue weighted by Crippen LogP contribution is -2.63. The smallest absolute Gasteiger partial charge is 0.124 e. The highest BCUT2D eigenvalue weighted by molar-refractivity contribution is 5.43. The van der Waals surface area contributed by atoms with Crippen LogP contribution in [0.5, 0.6) is 0 Å². The van der Waals surface area contributed by atoms with E-state index in [0.29, 0.717) is 5.41 Å². The molecule has 3 aliphatic carbocycles. The van der Waals surface area contributed by atoms with Crippen molar-refractivity contribution >= 4 is 0 Å². The molecule has 0 radical (unpaired) electrons. The van der Waals surface area contributed by atoms with Crippen LogP contribution in [-0.4, -0.2) is 35.1 Å². The monoisotopic (exact) mass is 334 g/mol. The van der Waals surface area contributed by atoms with Crippen molar-refractivity contribution in [2.45, 2.75) is 37.2 Å². The van der Waals surface area contributed by atoms with Crippen molar-refractivity contribution in [3.8, 4) is 0 Å². The number of pyridine rings is 1. The second-order valence-corrected chi connectivity index (χ2v) is 9.02. The molecule has 0 unspecified atom stereocenters. The molecule has 3 nitrogen and oxygen atoms in total. The normalized spacial score (nSPS) is 32.0. The number of likely N-dealkylation sites (tertiary alicyclic amines) is 1. The van der Waals surface area contributed by atoms with Gasteiger partial charge in [-0.3, -0.25) is 4.98 Å². The SMILES string of the molecule is CN1CC(C)([C@](O)(c2ccc(C34CC(C3)C4)cc2)c2cccnc2)C1. The van der Waals surface area contributed by atoms with E-state index in [1.165, 1.54) is 24.8 Å². The van der Waals surface area contributed by atoms with Gasteiger partial charge in [0.05, 0.1) is 0 Å². The van der Waals surface area contributed by atoms with Crippen molar-refractivity contribution in [2.75, 3.05) is 20.1 Å². The zero-order valence-electron chi connectivity index (χ0n) is 15.1. The lowest BCUT2D eigenvalue weighted by atomic mass is 9.42. The Morgan fingerprint density at radius 3 is 2.24 bits per heavy atom. The molecule has 130 valence electrons. The van der Waals surface area contributed by atoms with Gasteiger partial charge in [-0.25, -0.2) is 0 Å². The van der Waals surface area contributed by atoms with E-state index in [4.69, 9.17) is 0 Å². The van der Waals surface area contributed by atoms with Gasteiger partial charge in [0.25, 0.3) is 0 Å². The van der Waals surface area contributed by atoms with Gasteiger partial charge in [-0.1, -0.05) is 37.3 Å². The van der Waals surface area contributed by atoms with Gasteiger partial charge in [-0.15, -0.1) is 0 Å². The molecule has 0 spiro atoms. The van der Waals surface area contributed by atoms with Crippen LogP contribution in [0.1, 0.15) is 42.9 Å². The number of hydrogen-bond donors (Lipinski definition) is 1. The highest BCUT2D eigenvalue weighted by Gasteiger charge is 2.58. The summed E-state index contributed by atoms with van der Waals surface area (Å²) in [4.78, 5) is 6.54. The van der Waals surface area contributed by atoms with Gasteiger partial charge in [0.15, 0.2) is 0 Å². The van der Waals surface area contributed by atoms with Crippen molar-refractivity contribution in [1.29, 1.82) is 0 Å². The number of aliphatic hydroxyl groups is 1. The van der Waals surface area contributed by atoms with Crippen LogP contribution in [0.15, 0.2) is 48.8 Å². The number of hydrogen-bond acceptors (Lipinski definition) is 3. The number of rotatable bonds is 4. The second kappa shape index (κ2) is 4.93. The third-order valence-electron chi connectivity index (χ3n) is 7.14. The van der Waals surface area contributed by atoms with Crippen molar-refractivity contribution < 1.29 is 5.11 Å². The zero-order valence-corrected chi connectivity index (χ0v) is 15.1. The van der Waals surface area contributed by atoms with Gasteiger partial charge in [-0.05, 0) is 54.8 Å². The van der Waals surface area contributed by atoms with Crippen LogP contribution < -0.4 is 0 Å². The average Bonchev–Trinajstić information content (AvgIpc) is 2.51. The Bertz CT molecular complexity index is 778. The first-order valence-corrected chi connectivity index (χ1v) is 9.38. The predicted octanol–water partition coefficient (Wildman–Crippen LogP) is 3.32. The van der Waals surface area contributed by atoms with Gasteiger partial charge < -0.3 is 10.0 Å². The van der Waals surface area contributed by atoms with E-state index in [1.807, 2.05) is 18.3 Å². The van der Waals surface area contributed by atoms with Crippen LogP contribution in [0.4, 0.5) is 0 Å². The minimum atomic E-state index is -1.01. The summed E-state index contributed by atoms with van der Waals surface area (Å²) in [5.41, 5.74) is 2.60. The standard InChI is InChI=1S/C22H26N2O/c1-20(14-24(2)15-20)22(25,19-4-3-9-23-13-19)18-7-5-17(6-8-18)21-10-16(11-21)12-21/h3-9,13,16,25H,10-12,14-15H2,1-2H3/t16?,21?,22-/m0/s1.